The van der Waals surface area contributed by atoms with Gasteiger partial charge in [0.05, 0.1) is 21.1 Å². The molecule has 0 aromatic rings. The molecule has 0 fully saturated rings. The summed E-state index contributed by atoms with van der Waals surface area (Å²) < 4.78 is 6.07. The molecule has 0 amide bonds. The third-order valence-corrected chi connectivity index (χ3v) is 3.51. The Balaban J connectivity index is 0. The number of halogens is 1. The zero-order valence-electron chi connectivity index (χ0n) is 14.7. The fourth-order valence-electron chi connectivity index (χ4n) is 2.09. The second kappa shape index (κ2) is 14.6. The van der Waals surface area contributed by atoms with Crippen molar-refractivity contribution in [3.05, 3.63) is 0 Å². The van der Waals surface area contributed by atoms with Crippen molar-refractivity contribution in [2.75, 3.05) is 34.3 Å². The fourth-order valence-corrected chi connectivity index (χ4v) is 2.09. The Kier molecular flexibility index (Phi) is 16.0. The van der Waals surface area contributed by atoms with Crippen LogP contribution >= 0.6 is 12.4 Å². The van der Waals surface area contributed by atoms with Crippen molar-refractivity contribution < 1.29 is 14.0 Å². The maximum Gasteiger partial charge on any atom is 0.305 e. The first-order chi connectivity index (χ1) is 9.45. The highest BCUT2D eigenvalue weighted by Crippen LogP contribution is 2.10. The van der Waals surface area contributed by atoms with Crippen LogP contribution in [0.3, 0.4) is 0 Å². The standard InChI is InChI=1S/C17H36NO2.ClH/c1-5-6-7-8-9-10-11-12-13-14-17(19)20-16-15-18(2,3)4;/h5-16H2,1-4H3;1H/q+1;. The average molecular weight is 323 g/mol. The van der Waals surface area contributed by atoms with E-state index in [1.54, 1.807) is 0 Å². The summed E-state index contributed by atoms with van der Waals surface area (Å²) in [6.45, 7) is 3.67. The molecule has 0 aliphatic heterocycles. The molecule has 4 heteroatoms. The highest BCUT2D eigenvalue weighted by atomic mass is 35.5. The third-order valence-electron chi connectivity index (χ3n) is 3.51. The molecule has 0 saturated carbocycles. The lowest BCUT2D eigenvalue weighted by Gasteiger charge is -2.23. The number of hydrogen-bond acceptors (Lipinski definition) is 2. The van der Waals surface area contributed by atoms with E-state index in [1.165, 1.54) is 44.9 Å². The summed E-state index contributed by atoms with van der Waals surface area (Å²) in [5, 5.41) is 0. The smallest absolute Gasteiger partial charge is 0.305 e. The van der Waals surface area contributed by atoms with E-state index in [4.69, 9.17) is 4.74 Å². The van der Waals surface area contributed by atoms with Crippen LogP contribution in [0.2, 0.25) is 0 Å². The van der Waals surface area contributed by atoms with E-state index >= 15 is 0 Å². The van der Waals surface area contributed by atoms with Gasteiger partial charge in [-0.2, -0.15) is 0 Å². The second-order valence-electron chi connectivity index (χ2n) is 6.81. The fraction of sp³-hybridized carbons (Fsp3) is 0.941. The van der Waals surface area contributed by atoms with Crippen molar-refractivity contribution in [1.82, 2.24) is 0 Å². The summed E-state index contributed by atoms with van der Waals surface area (Å²) in [7, 11) is 6.32. The van der Waals surface area contributed by atoms with E-state index in [1.807, 2.05) is 0 Å². The Bertz CT molecular complexity index is 239. The number of hydrogen-bond donors (Lipinski definition) is 0. The number of likely N-dealkylation sites (N-methyl/N-ethyl adjacent to an activating group) is 1. The number of esters is 1. The minimum absolute atomic E-state index is 0. The minimum atomic E-state index is -0.0265. The predicted octanol–water partition coefficient (Wildman–Crippen LogP) is 4.58. The van der Waals surface area contributed by atoms with Crippen LogP contribution in [0, 0.1) is 0 Å². The topological polar surface area (TPSA) is 26.3 Å². The van der Waals surface area contributed by atoms with Gasteiger partial charge in [0.15, 0.2) is 0 Å². The molecule has 0 rings (SSSR count). The van der Waals surface area contributed by atoms with Gasteiger partial charge in [0.2, 0.25) is 0 Å². The summed E-state index contributed by atoms with van der Waals surface area (Å²) in [5.41, 5.74) is 0. The number of carbonyl (C=O) groups is 1. The normalized spacial score (nSPS) is 11.0. The minimum Gasteiger partial charge on any atom is -0.460 e. The third kappa shape index (κ3) is 19.7. The van der Waals surface area contributed by atoms with Crippen LogP contribution in [0.4, 0.5) is 0 Å². The maximum atomic E-state index is 11.5. The van der Waals surface area contributed by atoms with Crippen molar-refractivity contribution in [3.8, 4) is 0 Å². The molecule has 0 aromatic heterocycles. The Morgan fingerprint density at radius 1 is 0.857 bits per heavy atom. The van der Waals surface area contributed by atoms with Crippen molar-refractivity contribution in [2.45, 2.75) is 71.1 Å². The van der Waals surface area contributed by atoms with Gasteiger partial charge in [-0.1, -0.05) is 58.3 Å². The summed E-state index contributed by atoms with van der Waals surface area (Å²) in [4.78, 5) is 11.5. The van der Waals surface area contributed by atoms with Crippen LogP contribution in [-0.4, -0.2) is 44.7 Å². The van der Waals surface area contributed by atoms with Crippen LogP contribution in [0.1, 0.15) is 71.1 Å². The van der Waals surface area contributed by atoms with Gasteiger partial charge in [0, 0.05) is 6.42 Å². The van der Waals surface area contributed by atoms with Gasteiger partial charge < -0.3 is 9.22 Å². The van der Waals surface area contributed by atoms with Crippen LogP contribution in [0.25, 0.3) is 0 Å². The van der Waals surface area contributed by atoms with E-state index in [0.29, 0.717) is 13.0 Å². The number of nitrogens with zero attached hydrogens (tertiary/aromatic N) is 1. The molecule has 0 aliphatic rings. The Hall–Kier alpha value is -0.280. The van der Waals surface area contributed by atoms with E-state index in [9.17, 15) is 4.79 Å². The van der Waals surface area contributed by atoms with Gasteiger partial charge in [-0.15, -0.1) is 12.4 Å². The van der Waals surface area contributed by atoms with E-state index in [-0.39, 0.29) is 18.4 Å². The van der Waals surface area contributed by atoms with Crippen molar-refractivity contribution in [3.63, 3.8) is 0 Å². The number of unbranched alkanes of at least 4 members (excludes halogenated alkanes) is 8. The molecule has 128 valence electrons. The first-order valence-corrected chi connectivity index (χ1v) is 8.42. The van der Waals surface area contributed by atoms with Crippen LogP contribution in [0.15, 0.2) is 0 Å². The molecule has 3 nitrogen and oxygen atoms in total. The van der Waals surface area contributed by atoms with Crippen LogP contribution in [-0.2, 0) is 9.53 Å². The van der Waals surface area contributed by atoms with Gasteiger partial charge in [-0.05, 0) is 6.42 Å². The number of quaternary nitrogens is 1. The molecule has 0 heterocycles. The highest BCUT2D eigenvalue weighted by molar-refractivity contribution is 5.85. The van der Waals surface area contributed by atoms with Gasteiger partial charge in [0.1, 0.15) is 13.2 Å². The molecular formula is C17H37ClNO2+. The zero-order chi connectivity index (χ0) is 15.3. The average Bonchev–Trinajstić information content (AvgIpc) is 2.35. The van der Waals surface area contributed by atoms with Gasteiger partial charge in [-0.3, -0.25) is 4.79 Å². The maximum absolute atomic E-state index is 11.5. The number of ether oxygens (including phenoxy) is 1. The summed E-state index contributed by atoms with van der Waals surface area (Å²) >= 11 is 0. The zero-order valence-corrected chi connectivity index (χ0v) is 15.5. The van der Waals surface area contributed by atoms with E-state index in [0.717, 1.165) is 23.9 Å². The molecule has 0 bridgehead atoms. The molecule has 0 atom stereocenters. The molecule has 0 unspecified atom stereocenters. The predicted molar refractivity (Wildman–Crippen MR) is 93.0 cm³/mol. The Labute approximate surface area is 138 Å². The number of rotatable bonds is 13. The van der Waals surface area contributed by atoms with Crippen molar-refractivity contribution in [1.29, 1.82) is 0 Å². The van der Waals surface area contributed by atoms with E-state index in [2.05, 4.69) is 28.1 Å². The second-order valence-corrected chi connectivity index (χ2v) is 6.81. The van der Waals surface area contributed by atoms with Crippen molar-refractivity contribution in [2.24, 2.45) is 0 Å². The molecule has 0 aliphatic carbocycles. The lowest BCUT2D eigenvalue weighted by Crippen LogP contribution is -2.37. The SMILES string of the molecule is CCCCCCCCCCCC(=O)OCC[N+](C)(C)C.Cl. The summed E-state index contributed by atoms with van der Waals surface area (Å²) in [6.07, 6.45) is 12.1. The van der Waals surface area contributed by atoms with Crippen LogP contribution < -0.4 is 0 Å². The molecule has 0 aromatic carbocycles. The number of carbonyl (C=O) groups excluding carboxylic acids is 1. The highest BCUT2D eigenvalue weighted by Gasteiger charge is 2.08. The lowest BCUT2D eigenvalue weighted by molar-refractivity contribution is -0.870. The molecule has 0 saturated heterocycles. The largest absolute Gasteiger partial charge is 0.460 e. The molecule has 21 heavy (non-hydrogen) atoms. The first kappa shape index (κ1) is 23.0. The van der Waals surface area contributed by atoms with Crippen LogP contribution in [0.5, 0.6) is 0 Å². The first-order valence-electron chi connectivity index (χ1n) is 8.42. The monoisotopic (exact) mass is 322 g/mol. The van der Waals surface area contributed by atoms with E-state index < -0.39 is 0 Å². The molecule has 0 N–H and O–H groups in total. The Morgan fingerprint density at radius 2 is 1.33 bits per heavy atom. The Morgan fingerprint density at radius 3 is 1.81 bits per heavy atom. The summed E-state index contributed by atoms with van der Waals surface area (Å²) in [6, 6.07) is 0. The molecule has 0 spiro atoms. The molecular weight excluding hydrogens is 286 g/mol. The summed E-state index contributed by atoms with van der Waals surface area (Å²) in [5.74, 6) is -0.0265. The van der Waals surface area contributed by atoms with Gasteiger partial charge in [0.25, 0.3) is 0 Å². The van der Waals surface area contributed by atoms with Gasteiger partial charge in [-0.25, -0.2) is 0 Å². The van der Waals surface area contributed by atoms with Crippen molar-refractivity contribution >= 4 is 18.4 Å². The quantitative estimate of drug-likeness (QED) is 0.282. The molecule has 0 radical (unpaired) electrons. The van der Waals surface area contributed by atoms with Gasteiger partial charge >= 0.3 is 5.97 Å². The lowest BCUT2D eigenvalue weighted by atomic mass is 10.1.